The predicted molar refractivity (Wildman–Crippen MR) is 90.1 cm³/mol. The number of hydrogen-bond acceptors (Lipinski definition) is 5. The maximum absolute atomic E-state index is 12.0. The Labute approximate surface area is 141 Å². The highest BCUT2D eigenvalue weighted by Crippen LogP contribution is 2.30. The number of amides is 1. The van der Waals surface area contributed by atoms with Crippen molar-refractivity contribution in [2.24, 2.45) is 0 Å². The van der Waals surface area contributed by atoms with Crippen LogP contribution in [0.25, 0.3) is 0 Å². The summed E-state index contributed by atoms with van der Waals surface area (Å²) < 4.78 is 1.12. The van der Waals surface area contributed by atoms with Crippen LogP contribution < -0.4 is 16.2 Å². The molecule has 0 aliphatic carbocycles. The maximum Gasteiger partial charge on any atom is 0.221 e. The third kappa shape index (κ3) is 4.13. The van der Waals surface area contributed by atoms with E-state index in [9.17, 15) is 4.79 Å². The normalized spacial score (nSPS) is 21.0. The van der Waals surface area contributed by atoms with E-state index < -0.39 is 0 Å². The molecule has 0 aromatic carbocycles. The summed E-state index contributed by atoms with van der Waals surface area (Å²) in [4.78, 5) is 17.5. The Balaban J connectivity index is 1.45. The smallest absolute Gasteiger partial charge is 0.221 e. The third-order valence-electron chi connectivity index (χ3n) is 3.51. The van der Waals surface area contributed by atoms with Gasteiger partial charge in [0, 0.05) is 29.6 Å². The fraction of sp³-hybridized carbons (Fsp3) is 0.333. The molecule has 7 heteroatoms. The van der Waals surface area contributed by atoms with E-state index in [1.165, 1.54) is 4.88 Å². The van der Waals surface area contributed by atoms with Gasteiger partial charge in [-0.1, -0.05) is 6.07 Å². The first-order valence-electron chi connectivity index (χ1n) is 7.16. The third-order valence-corrected chi connectivity index (χ3v) is 5.25. The van der Waals surface area contributed by atoms with Crippen LogP contribution in [-0.2, 0) is 11.2 Å². The molecule has 0 saturated carbocycles. The van der Waals surface area contributed by atoms with Gasteiger partial charge in [-0.25, -0.2) is 10.9 Å². The molecule has 3 N–H and O–H groups in total. The lowest BCUT2D eigenvalue weighted by atomic mass is 10.1. The average Bonchev–Trinajstić information content (AvgIpc) is 3.15. The van der Waals surface area contributed by atoms with Crippen molar-refractivity contribution < 1.29 is 4.79 Å². The SMILES string of the molecule is O=C(CCc1ccccn1)NC1CC(c2ccc(Br)s2)NN1. The number of carbonyl (C=O) groups excluding carboxylic acids is 1. The number of hydrazine groups is 1. The van der Waals surface area contributed by atoms with Gasteiger partial charge in [-0.2, -0.15) is 0 Å². The van der Waals surface area contributed by atoms with Gasteiger partial charge in [0.2, 0.25) is 5.91 Å². The lowest BCUT2D eigenvalue weighted by molar-refractivity contribution is -0.121. The standard InChI is InChI=1S/C15H17BrN4OS/c16-13-6-5-12(22-13)11-9-14(20-19-11)18-15(21)7-4-10-3-1-2-8-17-10/h1-3,5-6,8,11,14,19-20H,4,7,9H2,(H,18,21). The van der Waals surface area contributed by atoms with E-state index in [4.69, 9.17) is 0 Å². The zero-order chi connectivity index (χ0) is 15.4. The van der Waals surface area contributed by atoms with Gasteiger partial charge in [0.1, 0.15) is 0 Å². The van der Waals surface area contributed by atoms with Crippen molar-refractivity contribution >= 4 is 33.2 Å². The quantitative estimate of drug-likeness (QED) is 0.745. The molecule has 2 aromatic rings. The molecular weight excluding hydrogens is 364 g/mol. The molecule has 22 heavy (non-hydrogen) atoms. The van der Waals surface area contributed by atoms with Crippen molar-refractivity contribution in [1.29, 1.82) is 0 Å². The van der Waals surface area contributed by atoms with E-state index in [0.717, 1.165) is 15.9 Å². The van der Waals surface area contributed by atoms with E-state index in [1.807, 2.05) is 24.3 Å². The molecule has 1 aliphatic rings. The molecule has 1 saturated heterocycles. The minimum absolute atomic E-state index is 0.0397. The van der Waals surface area contributed by atoms with E-state index in [2.05, 4.69) is 43.1 Å². The Bertz CT molecular complexity index is 633. The van der Waals surface area contributed by atoms with Crippen LogP contribution in [0.2, 0.25) is 0 Å². The first-order chi connectivity index (χ1) is 10.7. The number of aromatic nitrogens is 1. The number of pyridine rings is 1. The zero-order valence-corrected chi connectivity index (χ0v) is 14.3. The van der Waals surface area contributed by atoms with Crippen LogP contribution in [0.1, 0.15) is 29.5 Å². The first kappa shape index (κ1) is 15.6. The van der Waals surface area contributed by atoms with Crippen LogP contribution in [0.3, 0.4) is 0 Å². The van der Waals surface area contributed by atoms with E-state index >= 15 is 0 Å². The summed E-state index contributed by atoms with van der Waals surface area (Å²) in [5, 5.41) is 3.01. The van der Waals surface area contributed by atoms with E-state index in [1.54, 1.807) is 17.5 Å². The molecule has 3 rings (SSSR count). The molecule has 3 heterocycles. The van der Waals surface area contributed by atoms with Gasteiger partial charge in [-0.3, -0.25) is 9.78 Å². The number of nitrogens with zero attached hydrogens (tertiary/aromatic N) is 1. The van der Waals surface area contributed by atoms with Gasteiger partial charge < -0.3 is 5.32 Å². The highest BCUT2D eigenvalue weighted by atomic mass is 79.9. The van der Waals surface area contributed by atoms with Crippen molar-refractivity contribution in [3.63, 3.8) is 0 Å². The van der Waals surface area contributed by atoms with Crippen molar-refractivity contribution in [1.82, 2.24) is 21.2 Å². The highest BCUT2D eigenvalue weighted by Gasteiger charge is 2.26. The summed E-state index contributed by atoms with van der Waals surface area (Å²) in [5.74, 6) is 0.0398. The number of halogens is 1. The molecule has 2 aromatic heterocycles. The topological polar surface area (TPSA) is 66.0 Å². The fourth-order valence-electron chi connectivity index (χ4n) is 2.41. The lowest BCUT2D eigenvalue weighted by Crippen LogP contribution is -2.44. The molecule has 0 bridgehead atoms. The van der Waals surface area contributed by atoms with Gasteiger partial charge in [0.15, 0.2) is 0 Å². The molecule has 1 amide bonds. The average molecular weight is 381 g/mol. The molecule has 2 unspecified atom stereocenters. The molecule has 0 radical (unpaired) electrons. The summed E-state index contributed by atoms with van der Waals surface area (Å²) >= 11 is 5.18. The number of rotatable bonds is 5. The van der Waals surface area contributed by atoms with Gasteiger partial charge >= 0.3 is 0 Å². The molecular formula is C15H17BrN4OS. The summed E-state index contributed by atoms with van der Waals surface area (Å²) in [6, 6.07) is 10.1. The number of carbonyl (C=O) groups is 1. The second kappa shape index (κ2) is 7.32. The minimum atomic E-state index is -0.0397. The largest absolute Gasteiger partial charge is 0.339 e. The van der Waals surface area contributed by atoms with Crippen molar-refractivity contribution in [2.75, 3.05) is 0 Å². The van der Waals surface area contributed by atoms with Crippen molar-refractivity contribution in [3.8, 4) is 0 Å². The minimum Gasteiger partial charge on any atom is -0.339 e. The number of aryl methyl sites for hydroxylation is 1. The Morgan fingerprint density at radius 2 is 2.27 bits per heavy atom. The molecule has 1 aliphatic heterocycles. The second-order valence-corrected chi connectivity index (χ2v) is 7.65. The van der Waals surface area contributed by atoms with Gasteiger partial charge in [0.05, 0.1) is 16.0 Å². The van der Waals surface area contributed by atoms with Crippen LogP contribution in [0.5, 0.6) is 0 Å². The zero-order valence-electron chi connectivity index (χ0n) is 11.9. The Morgan fingerprint density at radius 1 is 1.36 bits per heavy atom. The van der Waals surface area contributed by atoms with Crippen molar-refractivity contribution in [3.05, 3.63) is 50.9 Å². The number of hydrogen-bond donors (Lipinski definition) is 3. The van der Waals surface area contributed by atoms with Gasteiger partial charge in [-0.15, -0.1) is 11.3 Å². The second-order valence-electron chi connectivity index (χ2n) is 5.16. The fourth-order valence-corrected chi connectivity index (χ4v) is 3.89. The molecule has 2 atom stereocenters. The number of nitrogens with one attached hydrogen (secondary N) is 3. The van der Waals surface area contributed by atoms with E-state index in [-0.39, 0.29) is 18.1 Å². The van der Waals surface area contributed by atoms with E-state index in [0.29, 0.717) is 12.8 Å². The van der Waals surface area contributed by atoms with Crippen molar-refractivity contribution in [2.45, 2.75) is 31.5 Å². The Hall–Kier alpha value is -1.28. The highest BCUT2D eigenvalue weighted by molar-refractivity contribution is 9.11. The molecule has 116 valence electrons. The monoisotopic (exact) mass is 380 g/mol. The van der Waals surface area contributed by atoms with Gasteiger partial charge in [0.25, 0.3) is 0 Å². The Morgan fingerprint density at radius 3 is 3.00 bits per heavy atom. The van der Waals surface area contributed by atoms with Crippen LogP contribution >= 0.6 is 27.3 Å². The molecule has 0 spiro atoms. The summed E-state index contributed by atoms with van der Waals surface area (Å²) in [6.45, 7) is 0. The maximum atomic E-state index is 12.0. The summed E-state index contributed by atoms with van der Waals surface area (Å²) in [6.07, 6.45) is 3.65. The Kier molecular flexibility index (Phi) is 5.20. The molecule has 5 nitrogen and oxygen atoms in total. The van der Waals surface area contributed by atoms with Crippen LogP contribution in [-0.4, -0.2) is 17.1 Å². The molecule has 1 fully saturated rings. The van der Waals surface area contributed by atoms with Crippen LogP contribution in [0.15, 0.2) is 40.3 Å². The predicted octanol–water partition coefficient (Wildman–Crippen LogP) is 2.52. The first-order valence-corrected chi connectivity index (χ1v) is 8.77. The number of thiophene rings is 1. The van der Waals surface area contributed by atoms with Gasteiger partial charge in [-0.05, 0) is 46.6 Å². The lowest BCUT2D eigenvalue weighted by Gasteiger charge is -2.11. The summed E-state index contributed by atoms with van der Waals surface area (Å²) in [5.41, 5.74) is 7.31. The summed E-state index contributed by atoms with van der Waals surface area (Å²) in [7, 11) is 0. The van der Waals surface area contributed by atoms with Crippen LogP contribution in [0.4, 0.5) is 0 Å². The van der Waals surface area contributed by atoms with Crippen LogP contribution in [0, 0.1) is 0 Å².